The van der Waals surface area contributed by atoms with E-state index in [0.717, 1.165) is 16.1 Å². The van der Waals surface area contributed by atoms with E-state index < -0.39 is 11.9 Å². The topological polar surface area (TPSA) is 47.0 Å². The van der Waals surface area contributed by atoms with E-state index in [4.69, 9.17) is 4.74 Å². The molecule has 0 aliphatic heterocycles. The Morgan fingerprint density at radius 1 is 1.24 bits per heavy atom. The minimum absolute atomic E-state index is 0.0961. The molecule has 8 heteroatoms. The number of hydrogen-bond acceptors (Lipinski definition) is 4. The van der Waals surface area contributed by atoms with Crippen LogP contribution in [-0.2, 0) is 12.8 Å². The third-order valence-electron chi connectivity index (χ3n) is 2.55. The number of halogens is 4. The summed E-state index contributed by atoms with van der Waals surface area (Å²) in [7, 11) is 1.44. The molecule has 0 radical (unpaired) electrons. The fraction of sp³-hybridized carbons (Fsp3) is 0.231. The van der Waals surface area contributed by atoms with Crippen LogP contribution in [0.3, 0.4) is 0 Å². The van der Waals surface area contributed by atoms with Gasteiger partial charge < -0.3 is 10.1 Å². The summed E-state index contributed by atoms with van der Waals surface area (Å²) in [4.78, 5) is 7.21. The summed E-state index contributed by atoms with van der Waals surface area (Å²) >= 11 is 3.34. The first-order chi connectivity index (χ1) is 9.90. The number of ether oxygens (including phenoxy) is 1. The van der Waals surface area contributed by atoms with Gasteiger partial charge in [0.25, 0.3) is 0 Å². The second-order valence-corrected chi connectivity index (χ2v) is 4.90. The lowest BCUT2D eigenvalue weighted by Crippen LogP contribution is -2.12. The Morgan fingerprint density at radius 3 is 2.57 bits per heavy atom. The van der Waals surface area contributed by atoms with Gasteiger partial charge >= 0.3 is 6.18 Å². The lowest BCUT2D eigenvalue weighted by molar-refractivity contribution is -0.141. The Hall–Kier alpha value is -1.83. The van der Waals surface area contributed by atoms with Crippen LogP contribution in [0.5, 0.6) is 5.88 Å². The van der Waals surface area contributed by atoms with Gasteiger partial charge in [-0.05, 0) is 6.07 Å². The number of rotatable bonds is 4. The molecule has 21 heavy (non-hydrogen) atoms. The van der Waals surface area contributed by atoms with Gasteiger partial charge in [-0.3, -0.25) is 0 Å². The van der Waals surface area contributed by atoms with Gasteiger partial charge in [0.05, 0.1) is 0 Å². The molecule has 2 rings (SSSR count). The third kappa shape index (κ3) is 4.07. The average molecular weight is 362 g/mol. The van der Waals surface area contributed by atoms with Gasteiger partial charge in [-0.15, -0.1) is 0 Å². The number of hydrogen-bond donors (Lipinski definition) is 1. The fourth-order valence-corrected chi connectivity index (χ4v) is 1.92. The van der Waals surface area contributed by atoms with Crippen LogP contribution in [0.2, 0.25) is 0 Å². The lowest BCUT2D eigenvalue weighted by Gasteiger charge is -2.11. The Bertz CT molecular complexity index is 634. The number of aromatic nitrogens is 2. The molecular weight excluding hydrogens is 351 g/mol. The highest BCUT2D eigenvalue weighted by Gasteiger charge is 2.34. The minimum Gasteiger partial charge on any atom is -0.473 e. The monoisotopic (exact) mass is 361 g/mol. The number of benzene rings is 1. The van der Waals surface area contributed by atoms with E-state index in [0.29, 0.717) is 0 Å². The summed E-state index contributed by atoms with van der Waals surface area (Å²) in [5, 5.41) is 2.48. The molecule has 1 aromatic heterocycles. The molecule has 0 fully saturated rings. The van der Waals surface area contributed by atoms with Crippen molar-refractivity contribution in [1.82, 2.24) is 9.97 Å². The first-order valence-corrected chi connectivity index (χ1v) is 6.69. The van der Waals surface area contributed by atoms with Crippen molar-refractivity contribution in [3.8, 4) is 5.88 Å². The summed E-state index contributed by atoms with van der Waals surface area (Å²) < 4.78 is 44.3. The average Bonchev–Trinajstić information content (AvgIpc) is 2.45. The molecule has 0 aliphatic rings. The molecule has 0 bridgehead atoms. The van der Waals surface area contributed by atoms with Gasteiger partial charge in [0.2, 0.25) is 11.8 Å². The molecule has 1 aromatic carbocycles. The second kappa shape index (κ2) is 6.30. The molecule has 4 nitrogen and oxygen atoms in total. The summed E-state index contributed by atoms with van der Waals surface area (Å²) in [5.74, 6) is -0.288. The summed E-state index contributed by atoms with van der Waals surface area (Å²) in [6.45, 7) is 0.0961. The van der Waals surface area contributed by atoms with Crippen LogP contribution >= 0.6 is 15.9 Å². The van der Waals surface area contributed by atoms with Crippen molar-refractivity contribution in [3.63, 3.8) is 0 Å². The molecule has 0 amide bonds. The lowest BCUT2D eigenvalue weighted by atomic mass is 10.2. The zero-order valence-electron chi connectivity index (χ0n) is 10.9. The van der Waals surface area contributed by atoms with Crippen molar-refractivity contribution in [2.45, 2.75) is 12.8 Å². The molecule has 2 aromatic rings. The van der Waals surface area contributed by atoms with Gasteiger partial charge in [-0.2, -0.15) is 18.2 Å². The van der Waals surface area contributed by atoms with Crippen LogP contribution in [0.1, 0.15) is 11.3 Å². The maximum atomic E-state index is 12.7. The number of alkyl halides is 3. The van der Waals surface area contributed by atoms with E-state index >= 15 is 0 Å². The molecule has 0 atom stereocenters. The molecular formula is C13H11BrF3N3O. The SMILES string of the molecule is CNc1nc(OCc2ccccc2Br)cc(C(F)(F)F)n1. The molecule has 0 aliphatic carbocycles. The molecule has 0 spiro atoms. The van der Waals surface area contributed by atoms with E-state index in [1.54, 1.807) is 6.07 Å². The zero-order chi connectivity index (χ0) is 15.5. The van der Waals surface area contributed by atoms with Gasteiger partial charge in [0.1, 0.15) is 6.61 Å². The standard InChI is InChI=1S/C13H11BrF3N3O/c1-18-12-19-10(13(15,16)17)6-11(20-12)21-7-8-4-2-3-5-9(8)14/h2-6H,7H2,1H3,(H,18,19,20). The highest BCUT2D eigenvalue weighted by molar-refractivity contribution is 9.10. The van der Waals surface area contributed by atoms with E-state index in [-0.39, 0.29) is 18.4 Å². The van der Waals surface area contributed by atoms with Gasteiger partial charge in [-0.25, -0.2) is 4.98 Å². The van der Waals surface area contributed by atoms with Gasteiger partial charge in [0.15, 0.2) is 5.69 Å². The number of nitrogens with one attached hydrogen (secondary N) is 1. The summed E-state index contributed by atoms with van der Waals surface area (Å²) in [6.07, 6.45) is -4.56. The van der Waals surface area contributed by atoms with Crippen molar-refractivity contribution < 1.29 is 17.9 Å². The van der Waals surface area contributed by atoms with Crippen molar-refractivity contribution in [3.05, 3.63) is 46.1 Å². The van der Waals surface area contributed by atoms with Crippen molar-refractivity contribution in [2.24, 2.45) is 0 Å². The molecule has 0 saturated carbocycles. The summed E-state index contributed by atoms with van der Waals surface area (Å²) in [6, 6.07) is 8.04. The fourth-order valence-electron chi connectivity index (χ4n) is 1.52. The maximum absolute atomic E-state index is 12.7. The Balaban J connectivity index is 2.22. The molecule has 0 saturated heterocycles. The van der Waals surface area contributed by atoms with E-state index in [1.165, 1.54) is 7.05 Å². The molecule has 0 unspecified atom stereocenters. The maximum Gasteiger partial charge on any atom is 0.433 e. The van der Waals surface area contributed by atoms with E-state index in [9.17, 15) is 13.2 Å². The van der Waals surface area contributed by atoms with Crippen LogP contribution in [0.15, 0.2) is 34.8 Å². The predicted octanol–water partition coefficient (Wildman–Crippen LogP) is 3.88. The van der Waals surface area contributed by atoms with Crippen LogP contribution < -0.4 is 10.1 Å². The molecule has 1 heterocycles. The van der Waals surface area contributed by atoms with E-state index in [2.05, 4.69) is 31.2 Å². The predicted molar refractivity (Wildman–Crippen MR) is 75.1 cm³/mol. The first-order valence-electron chi connectivity index (χ1n) is 5.90. The van der Waals surface area contributed by atoms with Crippen molar-refractivity contribution in [1.29, 1.82) is 0 Å². The van der Waals surface area contributed by atoms with Crippen LogP contribution in [-0.4, -0.2) is 17.0 Å². The van der Waals surface area contributed by atoms with Crippen LogP contribution in [0.4, 0.5) is 19.1 Å². The van der Waals surface area contributed by atoms with Gasteiger partial charge in [0, 0.05) is 23.2 Å². The number of nitrogens with zero attached hydrogens (tertiary/aromatic N) is 2. The first kappa shape index (κ1) is 15.6. The quantitative estimate of drug-likeness (QED) is 0.897. The Kier molecular flexibility index (Phi) is 4.66. The van der Waals surface area contributed by atoms with Crippen molar-refractivity contribution >= 4 is 21.9 Å². The number of anilines is 1. The largest absolute Gasteiger partial charge is 0.473 e. The zero-order valence-corrected chi connectivity index (χ0v) is 12.5. The Labute approximate surface area is 127 Å². The molecule has 1 N–H and O–H groups in total. The normalized spacial score (nSPS) is 11.3. The van der Waals surface area contributed by atoms with Crippen LogP contribution in [0.25, 0.3) is 0 Å². The Morgan fingerprint density at radius 2 is 1.95 bits per heavy atom. The van der Waals surface area contributed by atoms with Crippen LogP contribution in [0, 0.1) is 0 Å². The summed E-state index contributed by atoms with van der Waals surface area (Å²) in [5.41, 5.74) is -0.250. The smallest absolute Gasteiger partial charge is 0.433 e. The molecule has 112 valence electrons. The van der Waals surface area contributed by atoms with E-state index in [1.807, 2.05) is 18.2 Å². The highest BCUT2D eigenvalue weighted by Crippen LogP contribution is 2.30. The third-order valence-corrected chi connectivity index (χ3v) is 3.32. The van der Waals surface area contributed by atoms with Gasteiger partial charge in [-0.1, -0.05) is 34.1 Å². The van der Waals surface area contributed by atoms with Crippen molar-refractivity contribution in [2.75, 3.05) is 12.4 Å². The highest BCUT2D eigenvalue weighted by atomic mass is 79.9. The minimum atomic E-state index is -4.56. The second-order valence-electron chi connectivity index (χ2n) is 4.04.